The van der Waals surface area contributed by atoms with Gasteiger partial charge < -0.3 is 0 Å². The van der Waals surface area contributed by atoms with Crippen molar-refractivity contribution in [2.45, 2.75) is 4.90 Å². The lowest BCUT2D eigenvalue weighted by Crippen LogP contribution is -2.12. The van der Waals surface area contributed by atoms with Crippen LogP contribution in [0.5, 0.6) is 0 Å². The molecule has 0 radical (unpaired) electrons. The summed E-state index contributed by atoms with van der Waals surface area (Å²) in [6.45, 7) is 0. The highest BCUT2D eigenvalue weighted by Crippen LogP contribution is 2.24. The summed E-state index contributed by atoms with van der Waals surface area (Å²) in [6, 6.07) is 30.2. The zero-order valence-electron chi connectivity index (χ0n) is 14.0. The molecule has 0 saturated carbocycles. The lowest BCUT2D eigenvalue weighted by molar-refractivity contribution is 0.601. The molecule has 0 atom stereocenters. The first-order chi connectivity index (χ1) is 12.6. The molecule has 0 fully saturated rings. The van der Waals surface area contributed by atoms with Crippen LogP contribution in [0.4, 0.5) is 5.69 Å². The van der Waals surface area contributed by atoms with Gasteiger partial charge in [-0.15, -0.1) is 0 Å². The number of hydrogen-bond acceptors (Lipinski definition) is 2. The second kappa shape index (κ2) is 6.65. The molecule has 26 heavy (non-hydrogen) atoms. The molecular weight excluding hydrogens is 342 g/mol. The van der Waals surface area contributed by atoms with Gasteiger partial charge in [0, 0.05) is 5.69 Å². The minimum Gasteiger partial charge on any atom is -0.280 e. The summed E-state index contributed by atoms with van der Waals surface area (Å²) in [6.07, 6.45) is 0. The zero-order valence-corrected chi connectivity index (χ0v) is 14.8. The normalized spacial score (nSPS) is 11.4. The second-order valence-corrected chi connectivity index (χ2v) is 7.74. The Morgan fingerprint density at radius 2 is 1.19 bits per heavy atom. The van der Waals surface area contributed by atoms with Gasteiger partial charge in [0.15, 0.2) is 0 Å². The summed E-state index contributed by atoms with van der Waals surface area (Å²) in [4.78, 5) is 0.253. The molecule has 1 N–H and O–H groups in total. The third kappa shape index (κ3) is 3.32. The maximum Gasteiger partial charge on any atom is 0.261 e. The summed E-state index contributed by atoms with van der Waals surface area (Å²) in [7, 11) is -3.63. The van der Waals surface area contributed by atoms with E-state index in [0.29, 0.717) is 5.69 Å². The number of fused-ring (bicyclic) bond motifs is 1. The van der Waals surface area contributed by atoms with E-state index in [2.05, 4.69) is 4.72 Å². The summed E-state index contributed by atoms with van der Waals surface area (Å²) in [5.74, 6) is 0. The Labute approximate surface area is 153 Å². The minimum atomic E-state index is -3.63. The van der Waals surface area contributed by atoms with Gasteiger partial charge in [0.2, 0.25) is 0 Å². The van der Waals surface area contributed by atoms with Gasteiger partial charge >= 0.3 is 0 Å². The molecule has 128 valence electrons. The van der Waals surface area contributed by atoms with Gasteiger partial charge in [0.25, 0.3) is 10.0 Å². The first-order valence-electron chi connectivity index (χ1n) is 8.29. The van der Waals surface area contributed by atoms with Gasteiger partial charge in [-0.2, -0.15) is 0 Å². The Morgan fingerprint density at radius 1 is 0.577 bits per heavy atom. The van der Waals surface area contributed by atoms with Gasteiger partial charge in [-0.3, -0.25) is 4.72 Å². The molecule has 0 aliphatic rings. The summed E-state index contributed by atoms with van der Waals surface area (Å²) < 4.78 is 28.0. The van der Waals surface area contributed by atoms with Gasteiger partial charge in [-0.05, 0) is 46.2 Å². The van der Waals surface area contributed by atoms with Gasteiger partial charge in [-0.25, -0.2) is 8.42 Å². The Morgan fingerprint density at radius 3 is 1.92 bits per heavy atom. The Balaban J connectivity index is 1.60. The molecule has 0 amide bonds. The van der Waals surface area contributed by atoms with Crippen molar-refractivity contribution < 1.29 is 8.42 Å². The number of hydrogen-bond donors (Lipinski definition) is 1. The molecule has 0 heterocycles. The summed E-state index contributed by atoms with van der Waals surface area (Å²) in [5.41, 5.74) is 2.67. The summed E-state index contributed by atoms with van der Waals surface area (Å²) in [5, 5.41) is 1.91. The SMILES string of the molecule is O=S(=O)(Nc1ccc(-c2ccccc2)cc1)c1ccc2ccccc2c1. The monoisotopic (exact) mass is 359 g/mol. The van der Waals surface area contributed by atoms with Crippen molar-refractivity contribution >= 4 is 26.5 Å². The Hall–Kier alpha value is -3.11. The van der Waals surface area contributed by atoms with E-state index in [-0.39, 0.29) is 4.90 Å². The topological polar surface area (TPSA) is 46.2 Å². The van der Waals surface area contributed by atoms with Gasteiger partial charge in [-0.1, -0.05) is 72.8 Å². The van der Waals surface area contributed by atoms with Gasteiger partial charge in [0.1, 0.15) is 0 Å². The largest absolute Gasteiger partial charge is 0.280 e. The number of anilines is 1. The standard InChI is InChI=1S/C22H17NO2S/c24-26(25,22-15-12-18-8-4-5-9-20(18)16-22)23-21-13-10-19(11-14-21)17-6-2-1-3-7-17/h1-16,23H. The molecule has 4 aromatic rings. The van der Waals surface area contributed by atoms with E-state index in [4.69, 9.17) is 0 Å². The molecule has 0 aromatic heterocycles. The predicted octanol–water partition coefficient (Wildman–Crippen LogP) is 5.31. The van der Waals surface area contributed by atoms with Crippen LogP contribution >= 0.6 is 0 Å². The average molecular weight is 359 g/mol. The van der Waals surface area contributed by atoms with Crippen LogP contribution in [0.25, 0.3) is 21.9 Å². The van der Waals surface area contributed by atoms with E-state index in [1.807, 2.05) is 72.8 Å². The van der Waals surface area contributed by atoms with Crippen LogP contribution in [0.15, 0.2) is 102 Å². The zero-order chi connectivity index (χ0) is 18.0. The van der Waals surface area contributed by atoms with Crippen molar-refractivity contribution in [3.05, 3.63) is 97.1 Å². The fraction of sp³-hybridized carbons (Fsp3) is 0. The van der Waals surface area contributed by atoms with Crippen molar-refractivity contribution in [3.63, 3.8) is 0 Å². The smallest absolute Gasteiger partial charge is 0.261 e. The van der Waals surface area contributed by atoms with E-state index < -0.39 is 10.0 Å². The number of benzene rings is 4. The molecule has 4 aromatic carbocycles. The van der Waals surface area contributed by atoms with Crippen LogP contribution in [0.3, 0.4) is 0 Å². The molecule has 0 unspecified atom stereocenters. The van der Waals surface area contributed by atoms with Crippen LogP contribution in [0.1, 0.15) is 0 Å². The lowest BCUT2D eigenvalue weighted by atomic mass is 10.1. The Kier molecular flexibility index (Phi) is 4.19. The molecule has 0 aliphatic carbocycles. The van der Waals surface area contributed by atoms with Crippen LogP contribution in [0.2, 0.25) is 0 Å². The molecule has 0 spiro atoms. The van der Waals surface area contributed by atoms with E-state index in [1.54, 1.807) is 24.3 Å². The quantitative estimate of drug-likeness (QED) is 0.537. The minimum absolute atomic E-state index is 0.253. The number of rotatable bonds is 4. The number of nitrogens with one attached hydrogen (secondary N) is 1. The fourth-order valence-electron chi connectivity index (χ4n) is 2.91. The van der Waals surface area contributed by atoms with Crippen LogP contribution in [0, 0.1) is 0 Å². The molecular formula is C22H17NO2S. The first-order valence-corrected chi connectivity index (χ1v) is 9.77. The highest BCUT2D eigenvalue weighted by Gasteiger charge is 2.14. The average Bonchev–Trinajstić information content (AvgIpc) is 2.68. The molecule has 4 heteroatoms. The van der Waals surface area contributed by atoms with Crippen molar-refractivity contribution in [1.29, 1.82) is 0 Å². The predicted molar refractivity (Wildman–Crippen MR) is 107 cm³/mol. The maximum atomic E-state index is 12.7. The number of sulfonamides is 1. The fourth-order valence-corrected chi connectivity index (χ4v) is 4.00. The lowest BCUT2D eigenvalue weighted by Gasteiger charge is -2.10. The molecule has 0 bridgehead atoms. The maximum absolute atomic E-state index is 12.7. The second-order valence-electron chi connectivity index (χ2n) is 6.06. The van der Waals surface area contributed by atoms with Crippen molar-refractivity contribution in [2.24, 2.45) is 0 Å². The van der Waals surface area contributed by atoms with Crippen molar-refractivity contribution in [1.82, 2.24) is 0 Å². The molecule has 3 nitrogen and oxygen atoms in total. The molecule has 4 rings (SSSR count). The van der Waals surface area contributed by atoms with Crippen LogP contribution in [-0.4, -0.2) is 8.42 Å². The third-order valence-electron chi connectivity index (χ3n) is 4.28. The van der Waals surface area contributed by atoms with Crippen LogP contribution in [-0.2, 0) is 10.0 Å². The van der Waals surface area contributed by atoms with Crippen molar-refractivity contribution in [3.8, 4) is 11.1 Å². The first kappa shape index (κ1) is 16.4. The molecule has 0 aliphatic heterocycles. The van der Waals surface area contributed by atoms with E-state index in [9.17, 15) is 8.42 Å². The van der Waals surface area contributed by atoms with Crippen LogP contribution < -0.4 is 4.72 Å². The van der Waals surface area contributed by atoms with Gasteiger partial charge in [0.05, 0.1) is 4.90 Å². The highest BCUT2D eigenvalue weighted by atomic mass is 32.2. The third-order valence-corrected chi connectivity index (χ3v) is 5.65. The van der Waals surface area contributed by atoms with E-state index in [0.717, 1.165) is 21.9 Å². The molecule has 0 saturated heterocycles. The van der Waals surface area contributed by atoms with E-state index in [1.165, 1.54) is 0 Å². The highest BCUT2D eigenvalue weighted by molar-refractivity contribution is 7.92. The van der Waals surface area contributed by atoms with Crippen molar-refractivity contribution in [2.75, 3.05) is 4.72 Å². The summed E-state index contributed by atoms with van der Waals surface area (Å²) >= 11 is 0. The van der Waals surface area contributed by atoms with E-state index >= 15 is 0 Å². The Bertz CT molecular complexity index is 1150.